The molecule has 1 aromatic carbocycles. The highest BCUT2D eigenvalue weighted by molar-refractivity contribution is 9.10. The quantitative estimate of drug-likeness (QED) is 0.690. The lowest BCUT2D eigenvalue weighted by Gasteiger charge is -2.27. The van der Waals surface area contributed by atoms with E-state index in [0.29, 0.717) is 24.3 Å². The van der Waals surface area contributed by atoms with Gasteiger partial charge in [-0.05, 0) is 46.3 Å². The zero-order valence-corrected chi connectivity index (χ0v) is 15.6. The summed E-state index contributed by atoms with van der Waals surface area (Å²) in [6, 6.07) is 9.11. The Morgan fingerprint density at radius 3 is 3.00 bits per heavy atom. The van der Waals surface area contributed by atoms with Crippen molar-refractivity contribution in [1.29, 1.82) is 0 Å². The summed E-state index contributed by atoms with van der Waals surface area (Å²) in [5.74, 6) is -0.304. The fraction of sp³-hybridized carbons (Fsp3) is 0.167. The first-order chi connectivity index (χ1) is 12.5. The fourth-order valence-corrected chi connectivity index (χ4v) is 3.33. The van der Waals surface area contributed by atoms with Crippen LogP contribution < -0.4 is 15.5 Å². The van der Waals surface area contributed by atoms with Gasteiger partial charge in [0.05, 0.1) is 30.2 Å². The molecule has 0 bridgehead atoms. The number of nitrogens with zero attached hydrogens (tertiary/aromatic N) is 3. The van der Waals surface area contributed by atoms with E-state index in [4.69, 9.17) is 0 Å². The zero-order chi connectivity index (χ0) is 18.3. The second-order valence-electron chi connectivity index (χ2n) is 6.16. The predicted octanol–water partition coefficient (Wildman–Crippen LogP) is 2.42. The van der Waals surface area contributed by atoms with E-state index in [0.717, 1.165) is 21.5 Å². The van der Waals surface area contributed by atoms with Gasteiger partial charge >= 0.3 is 0 Å². The summed E-state index contributed by atoms with van der Waals surface area (Å²) in [7, 11) is 1.85. The molecule has 3 aromatic rings. The summed E-state index contributed by atoms with van der Waals surface area (Å²) in [6.07, 6.45) is 3.79. The third-order valence-corrected chi connectivity index (χ3v) is 4.69. The smallest absolute Gasteiger partial charge is 0.251 e. The first-order valence-corrected chi connectivity index (χ1v) is 8.85. The number of carbonyl (C=O) groups excluding carboxylic acids is 2. The van der Waals surface area contributed by atoms with Crippen LogP contribution in [0.5, 0.6) is 0 Å². The number of amides is 2. The molecular formula is C18H16BrN5O2. The Morgan fingerprint density at radius 2 is 2.15 bits per heavy atom. The summed E-state index contributed by atoms with van der Waals surface area (Å²) in [4.78, 5) is 30.5. The van der Waals surface area contributed by atoms with Gasteiger partial charge in [0.15, 0.2) is 0 Å². The van der Waals surface area contributed by atoms with Crippen molar-refractivity contribution < 1.29 is 9.59 Å². The van der Waals surface area contributed by atoms with Crippen molar-refractivity contribution in [3.8, 4) is 0 Å². The molecule has 2 amide bonds. The third kappa shape index (κ3) is 3.15. The summed E-state index contributed by atoms with van der Waals surface area (Å²) in [5.41, 5.74) is 3.62. The number of aromatic nitrogens is 2. The normalized spacial score (nSPS) is 13.5. The minimum absolute atomic E-state index is 0.0894. The highest BCUT2D eigenvalue weighted by Crippen LogP contribution is 2.29. The van der Waals surface area contributed by atoms with E-state index in [-0.39, 0.29) is 11.8 Å². The van der Waals surface area contributed by atoms with Gasteiger partial charge < -0.3 is 19.9 Å². The second kappa shape index (κ2) is 6.45. The van der Waals surface area contributed by atoms with Crippen molar-refractivity contribution >= 4 is 44.8 Å². The maximum absolute atomic E-state index is 12.5. The number of carbonyl (C=O) groups is 2. The molecular weight excluding hydrogens is 398 g/mol. The molecule has 1 aliphatic rings. The molecule has 0 saturated carbocycles. The van der Waals surface area contributed by atoms with Gasteiger partial charge in [-0.25, -0.2) is 4.98 Å². The average molecular weight is 414 g/mol. The molecule has 3 heterocycles. The van der Waals surface area contributed by atoms with Crippen molar-refractivity contribution in [3.63, 3.8) is 0 Å². The van der Waals surface area contributed by atoms with Crippen molar-refractivity contribution in [2.24, 2.45) is 0 Å². The third-order valence-electron chi connectivity index (χ3n) is 4.22. The molecule has 1 aliphatic heterocycles. The zero-order valence-electron chi connectivity index (χ0n) is 14.0. The number of nitrogens with one attached hydrogen (secondary N) is 2. The average Bonchev–Trinajstić information content (AvgIpc) is 3.01. The Balaban J connectivity index is 1.49. The van der Waals surface area contributed by atoms with Gasteiger partial charge in [-0.1, -0.05) is 0 Å². The van der Waals surface area contributed by atoms with E-state index < -0.39 is 0 Å². The van der Waals surface area contributed by atoms with Gasteiger partial charge in [0.2, 0.25) is 5.91 Å². The van der Waals surface area contributed by atoms with Crippen LogP contribution in [-0.4, -0.2) is 34.8 Å². The van der Waals surface area contributed by atoms with Crippen molar-refractivity contribution in [1.82, 2.24) is 14.7 Å². The molecule has 0 radical (unpaired) electrons. The predicted molar refractivity (Wildman–Crippen MR) is 102 cm³/mol. The van der Waals surface area contributed by atoms with E-state index in [1.54, 1.807) is 12.1 Å². The Hall–Kier alpha value is -2.87. The number of imidazole rings is 1. The molecule has 7 nitrogen and oxygen atoms in total. The molecule has 0 aliphatic carbocycles. The van der Waals surface area contributed by atoms with Crippen LogP contribution in [0.4, 0.5) is 11.4 Å². The standard InChI is InChI=1S/C18H16BrN5O2/c1-23-10-17(25)22-14-6-11(2-4-15(14)23)18(26)20-7-13-9-24-8-12(19)3-5-16(24)21-13/h2-6,8-9H,7,10H2,1H3,(H,20,26)(H,22,25). The van der Waals surface area contributed by atoms with Gasteiger partial charge in [-0.3, -0.25) is 9.59 Å². The van der Waals surface area contributed by atoms with Gasteiger partial charge in [-0.2, -0.15) is 0 Å². The number of benzene rings is 1. The number of hydrogen-bond acceptors (Lipinski definition) is 4. The van der Waals surface area contributed by atoms with E-state index in [1.807, 2.05) is 46.9 Å². The Labute approximate surface area is 158 Å². The molecule has 26 heavy (non-hydrogen) atoms. The molecule has 132 valence electrons. The fourth-order valence-electron chi connectivity index (χ4n) is 2.98. The molecule has 0 atom stereocenters. The van der Waals surface area contributed by atoms with Gasteiger partial charge in [0.1, 0.15) is 5.65 Å². The largest absolute Gasteiger partial charge is 0.364 e. The van der Waals surface area contributed by atoms with Crippen LogP contribution in [-0.2, 0) is 11.3 Å². The van der Waals surface area contributed by atoms with Crippen molar-refractivity contribution in [2.45, 2.75) is 6.54 Å². The minimum Gasteiger partial charge on any atom is -0.364 e. The first-order valence-electron chi connectivity index (χ1n) is 8.06. The molecule has 2 aromatic heterocycles. The van der Waals surface area contributed by atoms with E-state index in [1.165, 1.54) is 0 Å². The number of pyridine rings is 1. The number of halogens is 1. The van der Waals surface area contributed by atoms with Crippen LogP contribution in [0.1, 0.15) is 16.1 Å². The first kappa shape index (κ1) is 16.6. The lowest BCUT2D eigenvalue weighted by Crippen LogP contribution is -2.35. The lowest BCUT2D eigenvalue weighted by molar-refractivity contribution is -0.115. The van der Waals surface area contributed by atoms with Crippen molar-refractivity contribution in [2.75, 3.05) is 23.8 Å². The molecule has 2 N–H and O–H groups in total. The highest BCUT2D eigenvalue weighted by Gasteiger charge is 2.20. The van der Waals surface area contributed by atoms with E-state index in [2.05, 4.69) is 31.5 Å². The maximum atomic E-state index is 12.5. The van der Waals surface area contributed by atoms with Crippen molar-refractivity contribution in [3.05, 3.63) is 58.5 Å². The highest BCUT2D eigenvalue weighted by atomic mass is 79.9. The topological polar surface area (TPSA) is 78.7 Å². The number of hydrogen-bond donors (Lipinski definition) is 2. The lowest BCUT2D eigenvalue weighted by atomic mass is 10.1. The van der Waals surface area contributed by atoms with Gasteiger partial charge in [-0.15, -0.1) is 0 Å². The van der Waals surface area contributed by atoms with Crippen LogP contribution >= 0.6 is 15.9 Å². The number of rotatable bonds is 3. The maximum Gasteiger partial charge on any atom is 0.251 e. The molecule has 0 spiro atoms. The molecule has 0 unspecified atom stereocenters. The Bertz CT molecular complexity index is 1030. The molecule has 8 heteroatoms. The summed E-state index contributed by atoms with van der Waals surface area (Å²) in [6.45, 7) is 0.629. The number of fused-ring (bicyclic) bond motifs is 2. The van der Waals surface area contributed by atoms with Crippen LogP contribution in [0.3, 0.4) is 0 Å². The molecule has 0 saturated heterocycles. The van der Waals surface area contributed by atoms with Crippen LogP contribution in [0.2, 0.25) is 0 Å². The van der Waals surface area contributed by atoms with Crippen LogP contribution in [0.25, 0.3) is 5.65 Å². The van der Waals surface area contributed by atoms with E-state index >= 15 is 0 Å². The SMILES string of the molecule is CN1CC(=O)Nc2cc(C(=O)NCc3cn4cc(Br)ccc4n3)ccc21. The van der Waals surface area contributed by atoms with E-state index in [9.17, 15) is 9.59 Å². The molecule has 4 rings (SSSR count). The number of anilines is 2. The van der Waals surface area contributed by atoms with Gasteiger partial charge in [0, 0.05) is 29.5 Å². The minimum atomic E-state index is -0.214. The summed E-state index contributed by atoms with van der Waals surface area (Å²) < 4.78 is 2.86. The second-order valence-corrected chi connectivity index (χ2v) is 7.08. The van der Waals surface area contributed by atoms with Crippen LogP contribution in [0, 0.1) is 0 Å². The molecule has 0 fully saturated rings. The summed E-state index contributed by atoms with van der Waals surface area (Å²) in [5, 5.41) is 5.67. The Morgan fingerprint density at radius 1 is 1.31 bits per heavy atom. The Kier molecular flexibility index (Phi) is 4.12. The van der Waals surface area contributed by atoms with Gasteiger partial charge in [0.25, 0.3) is 5.91 Å². The monoisotopic (exact) mass is 413 g/mol. The van der Waals surface area contributed by atoms with Crippen LogP contribution in [0.15, 0.2) is 47.2 Å². The summed E-state index contributed by atoms with van der Waals surface area (Å²) >= 11 is 3.42. The number of likely N-dealkylation sites (N-methyl/N-ethyl adjacent to an activating group) is 1.